The van der Waals surface area contributed by atoms with E-state index in [0.717, 1.165) is 41.9 Å². The van der Waals surface area contributed by atoms with Gasteiger partial charge in [-0.25, -0.2) is 8.78 Å². The van der Waals surface area contributed by atoms with Crippen molar-refractivity contribution in [1.29, 1.82) is 0 Å². The Labute approximate surface area is 188 Å². The molecule has 0 amide bonds. The first-order chi connectivity index (χ1) is 12.7. The van der Waals surface area contributed by atoms with Crippen LogP contribution in [-0.4, -0.2) is 20.5 Å². The number of aryl methyl sites for hydroxylation is 2. The Balaban J connectivity index is 2.16. The van der Waals surface area contributed by atoms with Crippen LogP contribution in [0.5, 0.6) is 11.5 Å². The van der Waals surface area contributed by atoms with Crippen molar-refractivity contribution in [3.05, 3.63) is 61.1 Å². The van der Waals surface area contributed by atoms with E-state index in [1.807, 2.05) is 13.8 Å². The molecule has 2 aromatic rings. The second-order valence-electron chi connectivity index (χ2n) is 6.75. The molecule has 27 heavy (non-hydrogen) atoms. The summed E-state index contributed by atoms with van der Waals surface area (Å²) >= 11 is 4.19. The summed E-state index contributed by atoms with van der Waals surface area (Å²) in [4.78, 5) is 0. The zero-order chi connectivity index (χ0) is 20.2. The van der Waals surface area contributed by atoms with E-state index in [4.69, 9.17) is 9.47 Å². The first-order valence-corrected chi connectivity index (χ1v) is 13.7. The Morgan fingerprint density at radius 3 is 1.59 bits per heavy atom. The van der Waals surface area contributed by atoms with Gasteiger partial charge in [0, 0.05) is 0 Å². The fraction of sp³-hybridized carbons (Fsp3) is 0.350. The van der Waals surface area contributed by atoms with Crippen molar-refractivity contribution in [1.82, 2.24) is 0 Å². The Hall–Kier alpha value is -0.553. The van der Waals surface area contributed by atoms with Gasteiger partial charge in [0.25, 0.3) is 0 Å². The van der Waals surface area contributed by atoms with E-state index in [0.29, 0.717) is 12.5 Å². The molecule has 0 spiro atoms. The van der Waals surface area contributed by atoms with Crippen molar-refractivity contribution in [3.8, 4) is 11.5 Å². The van der Waals surface area contributed by atoms with Crippen LogP contribution in [-0.2, 0) is 0 Å². The molecule has 2 rings (SSSR count). The van der Waals surface area contributed by atoms with Gasteiger partial charge in [0.15, 0.2) is 8.07 Å². The Morgan fingerprint density at radius 1 is 0.889 bits per heavy atom. The van der Waals surface area contributed by atoms with Gasteiger partial charge in [-0.1, -0.05) is 13.0 Å². The van der Waals surface area contributed by atoms with Gasteiger partial charge in [0.2, 0.25) is 0 Å². The van der Waals surface area contributed by atoms with E-state index < -0.39 is 8.07 Å². The molecule has 0 aliphatic heterocycles. The van der Waals surface area contributed by atoms with E-state index in [1.165, 1.54) is 24.3 Å². The third-order valence-corrected chi connectivity index (χ3v) is 10.4. The standard InChI is InChI=1S/C20H23F2I2O2Si/c1-5-27(6-2,11-25-19-13(3)7-15(21)9-17(19)23)12-26-20-14(4)8-16(22)10-18(20)24/h7-10H,1,5-6,11-12H2,2-4H3/q+1. The summed E-state index contributed by atoms with van der Waals surface area (Å²) in [7, 11) is -1.98. The fourth-order valence-electron chi connectivity index (χ4n) is 2.76. The molecule has 0 radical (unpaired) electrons. The molecule has 0 fully saturated rings. The van der Waals surface area contributed by atoms with E-state index in [1.54, 1.807) is 0 Å². The molecule has 0 saturated carbocycles. The highest BCUT2D eigenvalue weighted by Gasteiger charge is 2.36. The van der Waals surface area contributed by atoms with E-state index in [-0.39, 0.29) is 11.6 Å². The molecule has 2 aromatic carbocycles. The van der Waals surface area contributed by atoms with Crippen LogP contribution in [0.3, 0.4) is 0 Å². The number of benzene rings is 2. The number of rotatable bonds is 8. The SMILES string of the molecule is [CH2+]C[Si](CC)(COc1c(C)cc(F)cc1I)COc1c(C)cc(F)cc1I. The van der Waals surface area contributed by atoms with Crippen molar-refractivity contribution >= 4 is 53.3 Å². The summed E-state index contributed by atoms with van der Waals surface area (Å²) in [5.41, 5.74) is 1.57. The molecular weight excluding hydrogens is 592 g/mol. The van der Waals surface area contributed by atoms with Gasteiger partial charge in [0.1, 0.15) is 23.1 Å². The Kier molecular flexibility index (Phi) is 8.23. The molecule has 0 heterocycles. The molecular formula is C20H23F2I2O2Si+. The minimum atomic E-state index is -1.98. The molecule has 0 aromatic heterocycles. The van der Waals surface area contributed by atoms with Gasteiger partial charge in [-0.3, -0.25) is 0 Å². The first-order valence-electron chi connectivity index (χ1n) is 8.67. The predicted octanol–water partition coefficient (Wildman–Crippen LogP) is 6.63. The van der Waals surface area contributed by atoms with Crippen LogP contribution in [0.4, 0.5) is 8.78 Å². The van der Waals surface area contributed by atoms with Crippen LogP contribution in [0.1, 0.15) is 18.1 Å². The van der Waals surface area contributed by atoms with E-state index >= 15 is 0 Å². The molecule has 0 saturated heterocycles. The molecule has 0 N–H and O–H groups in total. The lowest BCUT2D eigenvalue weighted by Crippen LogP contribution is -2.47. The van der Waals surface area contributed by atoms with Crippen LogP contribution in [0.25, 0.3) is 0 Å². The van der Waals surface area contributed by atoms with Crippen LogP contribution in [0.2, 0.25) is 12.1 Å². The van der Waals surface area contributed by atoms with Gasteiger partial charge in [-0.2, -0.15) is 0 Å². The number of halogens is 4. The number of ether oxygens (including phenoxy) is 2. The summed E-state index contributed by atoms with van der Waals surface area (Å²) in [5.74, 6) is 0.932. The van der Waals surface area contributed by atoms with E-state index in [2.05, 4.69) is 59.0 Å². The van der Waals surface area contributed by atoms with Crippen molar-refractivity contribution in [2.24, 2.45) is 0 Å². The minimum absolute atomic E-state index is 0.259. The highest BCUT2D eigenvalue weighted by Crippen LogP contribution is 2.30. The maximum absolute atomic E-state index is 13.5. The fourth-order valence-corrected chi connectivity index (χ4v) is 6.55. The molecule has 2 nitrogen and oxygen atoms in total. The van der Waals surface area contributed by atoms with Crippen LogP contribution in [0.15, 0.2) is 24.3 Å². The van der Waals surface area contributed by atoms with Crippen molar-refractivity contribution < 1.29 is 18.3 Å². The van der Waals surface area contributed by atoms with Crippen molar-refractivity contribution in [2.45, 2.75) is 32.9 Å². The third-order valence-electron chi connectivity index (χ3n) is 4.71. The molecule has 7 heteroatoms. The van der Waals surface area contributed by atoms with Gasteiger partial charge < -0.3 is 9.47 Å². The quantitative estimate of drug-likeness (QED) is 0.189. The molecule has 0 atom stereocenters. The lowest BCUT2D eigenvalue weighted by atomic mass is 10.2. The summed E-state index contributed by atoms with van der Waals surface area (Å²) in [6, 6.07) is 7.63. The number of hydrogen-bond donors (Lipinski definition) is 0. The normalized spacial score (nSPS) is 11.5. The van der Waals surface area contributed by atoms with Crippen molar-refractivity contribution in [3.63, 3.8) is 0 Å². The minimum Gasteiger partial charge on any atom is -0.495 e. The highest BCUT2D eigenvalue weighted by molar-refractivity contribution is 14.1. The summed E-state index contributed by atoms with van der Waals surface area (Å²) in [6.07, 6.45) is 1.10. The summed E-state index contributed by atoms with van der Waals surface area (Å²) in [6.45, 7) is 9.98. The zero-order valence-electron chi connectivity index (χ0n) is 15.7. The van der Waals surface area contributed by atoms with Gasteiger partial charge in [-0.05, 0) is 94.4 Å². The lowest BCUT2D eigenvalue weighted by molar-refractivity contribution is 0.336. The average Bonchev–Trinajstić information content (AvgIpc) is 2.58. The van der Waals surface area contributed by atoms with E-state index in [9.17, 15) is 8.78 Å². The first kappa shape index (κ1) is 22.7. The molecule has 146 valence electrons. The van der Waals surface area contributed by atoms with Crippen LogP contribution < -0.4 is 9.47 Å². The molecule has 0 unspecified atom stereocenters. The molecule has 0 aliphatic rings. The predicted molar refractivity (Wildman–Crippen MR) is 125 cm³/mol. The highest BCUT2D eigenvalue weighted by atomic mass is 127. The lowest BCUT2D eigenvalue weighted by Gasteiger charge is -2.27. The maximum Gasteiger partial charge on any atom is 0.190 e. The monoisotopic (exact) mass is 615 g/mol. The molecule has 0 aliphatic carbocycles. The zero-order valence-corrected chi connectivity index (χ0v) is 21.0. The van der Waals surface area contributed by atoms with Gasteiger partial charge in [-0.15, -0.1) is 0 Å². The second-order valence-corrected chi connectivity index (χ2v) is 13.9. The van der Waals surface area contributed by atoms with Gasteiger partial charge in [0.05, 0.1) is 32.6 Å². The van der Waals surface area contributed by atoms with Gasteiger partial charge >= 0.3 is 0 Å². The topological polar surface area (TPSA) is 18.5 Å². The average molecular weight is 615 g/mol. The maximum atomic E-state index is 13.5. The second kappa shape index (κ2) is 9.77. The smallest absolute Gasteiger partial charge is 0.190 e. The Morgan fingerprint density at radius 2 is 1.30 bits per heavy atom. The largest absolute Gasteiger partial charge is 0.495 e. The third kappa shape index (κ3) is 5.72. The number of hydrogen-bond acceptors (Lipinski definition) is 2. The molecule has 0 bridgehead atoms. The van der Waals surface area contributed by atoms with Crippen LogP contribution in [0, 0.1) is 39.5 Å². The van der Waals surface area contributed by atoms with Crippen LogP contribution >= 0.6 is 45.2 Å². The Bertz CT molecular complexity index is 701. The summed E-state index contributed by atoms with van der Waals surface area (Å²) in [5, 5.41) is 0. The van der Waals surface area contributed by atoms with Crippen molar-refractivity contribution in [2.75, 3.05) is 12.5 Å². The summed E-state index contributed by atoms with van der Waals surface area (Å²) < 4.78 is 40.8.